The third kappa shape index (κ3) is 4.11. The van der Waals surface area contributed by atoms with Crippen LogP contribution in [0.2, 0.25) is 0 Å². The molecule has 0 spiro atoms. The number of methoxy groups -OCH3 is 2. The van der Waals surface area contributed by atoms with Gasteiger partial charge in [-0.25, -0.2) is 13.1 Å². The van der Waals surface area contributed by atoms with Crippen LogP contribution >= 0.6 is 0 Å². The van der Waals surface area contributed by atoms with Crippen molar-refractivity contribution in [3.63, 3.8) is 0 Å². The van der Waals surface area contributed by atoms with Crippen molar-refractivity contribution in [2.75, 3.05) is 14.2 Å². The van der Waals surface area contributed by atoms with E-state index >= 15 is 0 Å². The molecule has 0 fully saturated rings. The minimum Gasteiger partial charge on any atom is -0.493 e. The van der Waals surface area contributed by atoms with E-state index in [-0.39, 0.29) is 10.9 Å². The summed E-state index contributed by atoms with van der Waals surface area (Å²) in [5, 5.41) is 0. The molecule has 0 heterocycles. The molecule has 0 unspecified atom stereocenters. The zero-order chi connectivity index (χ0) is 14.5. The molecule has 108 valence electrons. The lowest BCUT2D eigenvalue weighted by Gasteiger charge is -2.14. The van der Waals surface area contributed by atoms with Crippen LogP contribution in [0.4, 0.5) is 0 Å². The monoisotopic (exact) mass is 287 g/mol. The average Bonchev–Trinajstić information content (AvgIpc) is 2.37. The normalized spacial score (nSPS) is 13.1. The Kier molecular flexibility index (Phi) is 5.62. The Bertz CT molecular complexity index is 513. The quantitative estimate of drug-likeness (QED) is 0.834. The van der Waals surface area contributed by atoms with Crippen LogP contribution < -0.4 is 14.2 Å². The van der Waals surface area contributed by atoms with Gasteiger partial charge in [0, 0.05) is 12.1 Å². The third-order valence-corrected chi connectivity index (χ3v) is 4.33. The van der Waals surface area contributed by atoms with Gasteiger partial charge >= 0.3 is 0 Å². The molecule has 0 aliphatic heterocycles. The molecule has 19 heavy (non-hydrogen) atoms. The van der Waals surface area contributed by atoms with Crippen LogP contribution in [-0.4, -0.2) is 28.7 Å². The molecule has 1 atom stereocenters. The number of sulfonamides is 1. The Morgan fingerprint density at radius 3 is 2.37 bits per heavy atom. The lowest BCUT2D eigenvalue weighted by Crippen LogP contribution is -2.32. The van der Waals surface area contributed by atoms with Gasteiger partial charge in [-0.05, 0) is 25.5 Å². The van der Waals surface area contributed by atoms with Crippen molar-refractivity contribution in [2.24, 2.45) is 0 Å². The number of ether oxygens (including phenoxy) is 2. The number of benzene rings is 1. The first-order valence-electron chi connectivity index (χ1n) is 6.19. The summed E-state index contributed by atoms with van der Waals surface area (Å²) in [5.41, 5.74) is 0. The van der Waals surface area contributed by atoms with Gasteiger partial charge in [-0.2, -0.15) is 0 Å². The van der Waals surface area contributed by atoms with E-state index in [2.05, 4.69) is 4.72 Å². The molecule has 0 bridgehead atoms. The smallest absolute Gasteiger partial charge is 0.240 e. The van der Waals surface area contributed by atoms with Gasteiger partial charge in [0.25, 0.3) is 0 Å². The summed E-state index contributed by atoms with van der Waals surface area (Å²) in [4.78, 5) is 0.174. The fourth-order valence-electron chi connectivity index (χ4n) is 1.81. The van der Waals surface area contributed by atoms with Crippen molar-refractivity contribution in [1.29, 1.82) is 0 Å². The molecule has 0 radical (unpaired) electrons. The van der Waals surface area contributed by atoms with Crippen molar-refractivity contribution >= 4 is 10.0 Å². The Hall–Kier alpha value is -1.27. The van der Waals surface area contributed by atoms with Crippen LogP contribution in [0.25, 0.3) is 0 Å². The molecule has 6 heteroatoms. The molecule has 0 saturated heterocycles. The molecule has 0 aromatic heterocycles. The zero-order valence-electron chi connectivity index (χ0n) is 11.8. The van der Waals surface area contributed by atoms with E-state index < -0.39 is 10.0 Å². The molecule has 1 aromatic carbocycles. The topological polar surface area (TPSA) is 64.6 Å². The van der Waals surface area contributed by atoms with E-state index in [0.717, 1.165) is 12.8 Å². The Morgan fingerprint density at radius 2 is 1.84 bits per heavy atom. The summed E-state index contributed by atoms with van der Waals surface area (Å²) in [6.07, 6.45) is 1.72. The van der Waals surface area contributed by atoms with Crippen molar-refractivity contribution in [3.05, 3.63) is 18.2 Å². The second-order valence-electron chi connectivity index (χ2n) is 4.33. The first-order chi connectivity index (χ1) is 8.94. The van der Waals surface area contributed by atoms with Crippen molar-refractivity contribution < 1.29 is 17.9 Å². The van der Waals surface area contributed by atoms with Gasteiger partial charge in [0.15, 0.2) is 11.5 Å². The molecule has 1 rings (SSSR count). The van der Waals surface area contributed by atoms with E-state index in [1.165, 1.54) is 26.4 Å². The second kappa shape index (κ2) is 6.77. The lowest BCUT2D eigenvalue weighted by atomic mass is 10.2. The molecule has 1 aromatic rings. The highest BCUT2D eigenvalue weighted by atomic mass is 32.2. The summed E-state index contributed by atoms with van der Waals surface area (Å²) in [7, 11) is -0.544. The minimum atomic E-state index is -3.52. The molecule has 0 aliphatic rings. The van der Waals surface area contributed by atoms with Gasteiger partial charge in [-0.1, -0.05) is 13.3 Å². The summed E-state index contributed by atoms with van der Waals surface area (Å²) in [5.74, 6) is 0.900. The maximum Gasteiger partial charge on any atom is 0.240 e. The number of rotatable bonds is 7. The molecule has 0 amide bonds. The fraction of sp³-hybridized carbons (Fsp3) is 0.538. The van der Waals surface area contributed by atoms with E-state index in [1.807, 2.05) is 13.8 Å². The van der Waals surface area contributed by atoms with Crippen LogP contribution in [-0.2, 0) is 10.0 Å². The minimum absolute atomic E-state index is 0.0944. The second-order valence-corrected chi connectivity index (χ2v) is 6.04. The number of hydrogen-bond donors (Lipinski definition) is 1. The predicted octanol–water partition coefficient (Wildman–Crippen LogP) is 2.17. The van der Waals surface area contributed by atoms with Gasteiger partial charge < -0.3 is 9.47 Å². The van der Waals surface area contributed by atoms with Crippen molar-refractivity contribution in [2.45, 2.75) is 37.6 Å². The fourth-order valence-corrected chi connectivity index (χ4v) is 3.10. The Labute approximate surface area is 115 Å². The summed E-state index contributed by atoms with van der Waals surface area (Å²) in [6.45, 7) is 3.86. The number of hydrogen-bond acceptors (Lipinski definition) is 4. The van der Waals surface area contributed by atoms with Crippen LogP contribution in [0.5, 0.6) is 11.5 Å². The molecule has 5 nitrogen and oxygen atoms in total. The molecular weight excluding hydrogens is 266 g/mol. The summed E-state index contributed by atoms with van der Waals surface area (Å²) < 4.78 is 37.2. The summed E-state index contributed by atoms with van der Waals surface area (Å²) >= 11 is 0. The van der Waals surface area contributed by atoms with Crippen LogP contribution in [0.1, 0.15) is 26.7 Å². The predicted molar refractivity (Wildman–Crippen MR) is 74.2 cm³/mol. The molecule has 1 N–H and O–H groups in total. The maximum atomic E-state index is 12.2. The van der Waals surface area contributed by atoms with E-state index in [0.29, 0.717) is 11.5 Å². The summed E-state index contributed by atoms with van der Waals surface area (Å²) in [6, 6.07) is 4.45. The van der Waals surface area contributed by atoms with Gasteiger partial charge in [-0.15, -0.1) is 0 Å². The highest BCUT2D eigenvalue weighted by Crippen LogP contribution is 2.29. The third-order valence-electron chi connectivity index (χ3n) is 2.74. The first kappa shape index (κ1) is 15.8. The van der Waals surface area contributed by atoms with Gasteiger partial charge in [0.05, 0.1) is 19.1 Å². The van der Waals surface area contributed by atoms with Gasteiger partial charge in [0.2, 0.25) is 10.0 Å². The Balaban J connectivity index is 3.01. The highest BCUT2D eigenvalue weighted by molar-refractivity contribution is 7.89. The SMILES string of the molecule is CCC[C@H](C)NS(=O)(=O)c1ccc(OC)c(OC)c1. The van der Waals surface area contributed by atoms with Crippen LogP contribution in [0.3, 0.4) is 0 Å². The van der Waals surface area contributed by atoms with Crippen LogP contribution in [0.15, 0.2) is 23.1 Å². The Morgan fingerprint density at radius 1 is 1.21 bits per heavy atom. The molecule has 0 saturated carbocycles. The maximum absolute atomic E-state index is 12.2. The van der Waals surface area contributed by atoms with Gasteiger partial charge in [-0.3, -0.25) is 0 Å². The average molecular weight is 287 g/mol. The molecular formula is C13H21NO4S. The standard InChI is InChI=1S/C13H21NO4S/c1-5-6-10(2)14-19(15,16)11-7-8-12(17-3)13(9-11)18-4/h7-10,14H,5-6H2,1-4H3/t10-/m0/s1. The first-order valence-corrected chi connectivity index (χ1v) is 7.67. The van der Waals surface area contributed by atoms with Crippen molar-refractivity contribution in [3.8, 4) is 11.5 Å². The van der Waals surface area contributed by atoms with Crippen LogP contribution in [0, 0.1) is 0 Å². The lowest BCUT2D eigenvalue weighted by molar-refractivity contribution is 0.354. The van der Waals surface area contributed by atoms with E-state index in [1.54, 1.807) is 6.07 Å². The van der Waals surface area contributed by atoms with E-state index in [4.69, 9.17) is 9.47 Å². The highest BCUT2D eigenvalue weighted by Gasteiger charge is 2.19. The number of nitrogens with one attached hydrogen (secondary N) is 1. The molecule has 0 aliphatic carbocycles. The van der Waals surface area contributed by atoms with E-state index in [9.17, 15) is 8.42 Å². The zero-order valence-corrected chi connectivity index (χ0v) is 12.6. The largest absolute Gasteiger partial charge is 0.493 e. The van der Waals surface area contributed by atoms with Crippen molar-refractivity contribution in [1.82, 2.24) is 4.72 Å². The van der Waals surface area contributed by atoms with Gasteiger partial charge in [0.1, 0.15) is 0 Å².